The Labute approximate surface area is 94.7 Å². The van der Waals surface area contributed by atoms with Crippen molar-refractivity contribution in [2.75, 3.05) is 6.54 Å². The molecule has 0 aromatic rings. The summed E-state index contributed by atoms with van der Waals surface area (Å²) in [6.07, 6.45) is 2.57. The van der Waals surface area contributed by atoms with Crippen molar-refractivity contribution in [2.45, 2.75) is 51.7 Å². The summed E-state index contributed by atoms with van der Waals surface area (Å²) in [6, 6.07) is 0.217. The van der Waals surface area contributed by atoms with Gasteiger partial charge in [0.25, 0.3) is 5.09 Å². The highest BCUT2D eigenvalue weighted by atomic mass is 17.0. The maximum Gasteiger partial charge on any atom is 0.294 e. The van der Waals surface area contributed by atoms with Crippen LogP contribution in [-0.4, -0.2) is 34.6 Å². The highest BCUT2D eigenvalue weighted by molar-refractivity contribution is 5.73. The summed E-state index contributed by atoms with van der Waals surface area (Å²) in [6.45, 7) is 4.20. The minimum absolute atomic E-state index is 0.0705. The molecule has 6 heteroatoms. The Balaban J connectivity index is 2.41. The third-order valence-corrected chi connectivity index (χ3v) is 3.06. The molecule has 0 aliphatic heterocycles. The summed E-state index contributed by atoms with van der Waals surface area (Å²) in [5.41, 5.74) is 0. The van der Waals surface area contributed by atoms with Crippen LogP contribution < -0.4 is 0 Å². The number of hydrogen-bond acceptors (Lipinski definition) is 4. The number of nitrogens with zero attached hydrogens (tertiary/aromatic N) is 2. The predicted octanol–water partition coefficient (Wildman–Crippen LogP) is 1.37. The molecule has 1 aliphatic rings. The van der Waals surface area contributed by atoms with Gasteiger partial charge in [0, 0.05) is 19.5 Å². The fourth-order valence-corrected chi connectivity index (χ4v) is 2.32. The molecule has 1 rings (SSSR count). The Morgan fingerprint density at radius 2 is 2.00 bits per heavy atom. The molecule has 92 valence electrons. The first-order chi connectivity index (χ1) is 7.54. The minimum Gasteiger partial charge on any atom is -0.340 e. The van der Waals surface area contributed by atoms with E-state index in [-0.39, 0.29) is 18.1 Å². The maximum atomic E-state index is 11.3. The normalized spacial score (nSPS) is 24.9. The van der Waals surface area contributed by atoms with Crippen LogP contribution in [0.15, 0.2) is 0 Å². The van der Waals surface area contributed by atoms with Crippen LogP contribution in [0.3, 0.4) is 0 Å². The number of amides is 1. The second-order valence-electron chi connectivity index (χ2n) is 4.06. The van der Waals surface area contributed by atoms with Gasteiger partial charge in [0.1, 0.15) is 6.10 Å². The van der Waals surface area contributed by atoms with E-state index in [1.54, 1.807) is 6.92 Å². The maximum absolute atomic E-state index is 11.3. The molecule has 0 aromatic carbocycles. The molecule has 0 spiro atoms. The highest BCUT2D eigenvalue weighted by Crippen LogP contribution is 2.25. The molecule has 0 heterocycles. The fraction of sp³-hybridized carbons (Fsp3) is 0.900. The zero-order chi connectivity index (χ0) is 12.1. The standard InChI is InChI=1S/C10H18N2O4/c1-3-11(8(2)13)9-4-6-10(7-5-9)16-12(14)15/h9-10H,3-7H2,1-2H3. The van der Waals surface area contributed by atoms with Crippen molar-refractivity contribution >= 4 is 5.91 Å². The first-order valence-corrected chi connectivity index (χ1v) is 5.63. The van der Waals surface area contributed by atoms with Crippen LogP contribution in [0.1, 0.15) is 39.5 Å². The first kappa shape index (κ1) is 12.7. The lowest BCUT2D eigenvalue weighted by atomic mass is 9.92. The molecule has 1 fully saturated rings. The van der Waals surface area contributed by atoms with E-state index in [2.05, 4.69) is 4.84 Å². The van der Waals surface area contributed by atoms with Crippen LogP contribution in [0.25, 0.3) is 0 Å². The smallest absolute Gasteiger partial charge is 0.294 e. The summed E-state index contributed by atoms with van der Waals surface area (Å²) < 4.78 is 0. The zero-order valence-corrected chi connectivity index (χ0v) is 9.72. The van der Waals surface area contributed by atoms with E-state index in [0.29, 0.717) is 19.4 Å². The lowest BCUT2D eigenvalue weighted by Gasteiger charge is -2.35. The van der Waals surface area contributed by atoms with Gasteiger partial charge < -0.3 is 9.74 Å². The summed E-state index contributed by atoms with van der Waals surface area (Å²) in [5, 5.41) is 9.44. The number of rotatable bonds is 4. The van der Waals surface area contributed by atoms with Crippen molar-refractivity contribution in [1.82, 2.24) is 4.90 Å². The molecule has 1 saturated carbocycles. The summed E-state index contributed by atoms with van der Waals surface area (Å²) in [4.78, 5) is 27.8. The summed E-state index contributed by atoms with van der Waals surface area (Å²) in [7, 11) is 0. The van der Waals surface area contributed by atoms with Gasteiger partial charge in [0.05, 0.1) is 0 Å². The predicted molar refractivity (Wildman–Crippen MR) is 57.2 cm³/mol. The van der Waals surface area contributed by atoms with Crippen molar-refractivity contribution in [2.24, 2.45) is 0 Å². The molecule has 16 heavy (non-hydrogen) atoms. The van der Waals surface area contributed by atoms with Gasteiger partial charge in [0.15, 0.2) is 0 Å². The number of hydrogen-bond donors (Lipinski definition) is 0. The van der Waals surface area contributed by atoms with Gasteiger partial charge in [0.2, 0.25) is 5.91 Å². The van der Waals surface area contributed by atoms with Crippen LogP contribution in [0.5, 0.6) is 0 Å². The first-order valence-electron chi connectivity index (χ1n) is 5.63. The third-order valence-electron chi connectivity index (χ3n) is 3.06. The minimum atomic E-state index is -0.729. The van der Waals surface area contributed by atoms with Crippen molar-refractivity contribution < 1.29 is 14.7 Å². The molecular weight excluding hydrogens is 212 g/mol. The Morgan fingerprint density at radius 3 is 2.38 bits per heavy atom. The molecule has 0 N–H and O–H groups in total. The van der Waals surface area contributed by atoms with Crippen molar-refractivity contribution in [3.8, 4) is 0 Å². The SMILES string of the molecule is CCN(C(C)=O)C1CCC(O[N+](=O)[O-])CC1. The van der Waals surface area contributed by atoms with Gasteiger partial charge in [-0.15, -0.1) is 10.1 Å². The topological polar surface area (TPSA) is 72.7 Å². The quantitative estimate of drug-likeness (QED) is 0.540. The van der Waals surface area contributed by atoms with E-state index >= 15 is 0 Å². The second kappa shape index (κ2) is 5.67. The third kappa shape index (κ3) is 3.36. The van der Waals surface area contributed by atoms with E-state index < -0.39 is 5.09 Å². The van der Waals surface area contributed by atoms with E-state index in [1.165, 1.54) is 0 Å². The van der Waals surface area contributed by atoms with Gasteiger partial charge in [-0.3, -0.25) is 4.79 Å². The molecule has 0 bridgehead atoms. The van der Waals surface area contributed by atoms with Crippen LogP contribution in [-0.2, 0) is 9.63 Å². The van der Waals surface area contributed by atoms with Crippen molar-refractivity contribution in [1.29, 1.82) is 0 Å². The molecule has 0 atom stereocenters. The van der Waals surface area contributed by atoms with Crippen LogP contribution in [0.4, 0.5) is 0 Å². The zero-order valence-electron chi connectivity index (χ0n) is 9.72. The molecule has 6 nitrogen and oxygen atoms in total. The molecule has 0 unspecified atom stereocenters. The Bertz CT molecular complexity index is 262. The van der Waals surface area contributed by atoms with Gasteiger partial charge in [-0.2, -0.15) is 0 Å². The van der Waals surface area contributed by atoms with Crippen LogP contribution >= 0.6 is 0 Å². The Morgan fingerprint density at radius 1 is 1.44 bits per heavy atom. The average molecular weight is 230 g/mol. The van der Waals surface area contributed by atoms with Crippen LogP contribution in [0.2, 0.25) is 0 Å². The van der Waals surface area contributed by atoms with E-state index in [1.807, 2.05) is 11.8 Å². The Hall–Kier alpha value is -1.33. The monoisotopic (exact) mass is 230 g/mol. The van der Waals surface area contributed by atoms with Crippen LogP contribution in [0, 0.1) is 10.1 Å². The number of carbonyl (C=O) groups is 1. The molecule has 0 radical (unpaired) electrons. The highest BCUT2D eigenvalue weighted by Gasteiger charge is 2.27. The largest absolute Gasteiger partial charge is 0.340 e. The lowest BCUT2D eigenvalue weighted by molar-refractivity contribution is -0.769. The molecule has 0 saturated heterocycles. The van der Waals surface area contributed by atoms with E-state index in [4.69, 9.17) is 0 Å². The van der Waals surface area contributed by atoms with Crippen molar-refractivity contribution in [3.05, 3.63) is 10.1 Å². The van der Waals surface area contributed by atoms with E-state index in [0.717, 1.165) is 12.8 Å². The van der Waals surface area contributed by atoms with Crippen molar-refractivity contribution in [3.63, 3.8) is 0 Å². The Kier molecular flexibility index (Phi) is 4.52. The average Bonchev–Trinajstić information content (AvgIpc) is 2.20. The lowest BCUT2D eigenvalue weighted by Crippen LogP contribution is -2.42. The second-order valence-corrected chi connectivity index (χ2v) is 4.06. The van der Waals surface area contributed by atoms with Gasteiger partial charge in [-0.05, 0) is 32.6 Å². The number of carbonyl (C=O) groups excluding carboxylic acids is 1. The molecule has 1 amide bonds. The fourth-order valence-electron chi connectivity index (χ4n) is 2.32. The van der Waals surface area contributed by atoms with E-state index in [9.17, 15) is 14.9 Å². The summed E-state index contributed by atoms with van der Waals surface area (Å²) >= 11 is 0. The van der Waals surface area contributed by atoms with Gasteiger partial charge in [-0.1, -0.05) is 0 Å². The molecular formula is C10H18N2O4. The molecule has 1 aliphatic carbocycles. The van der Waals surface area contributed by atoms with Gasteiger partial charge >= 0.3 is 0 Å². The summed E-state index contributed by atoms with van der Waals surface area (Å²) in [5.74, 6) is 0.0705. The van der Waals surface area contributed by atoms with Gasteiger partial charge in [-0.25, -0.2) is 0 Å². The molecule has 0 aromatic heterocycles.